The molecule has 1 saturated heterocycles. The van der Waals surface area contributed by atoms with Crippen LogP contribution in [0.25, 0.3) is 0 Å². The van der Waals surface area contributed by atoms with E-state index >= 15 is 0 Å². The molecular weight excluding hydrogens is 212 g/mol. The summed E-state index contributed by atoms with van der Waals surface area (Å²) in [5, 5.41) is 10.1. The summed E-state index contributed by atoms with van der Waals surface area (Å²) in [6.45, 7) is 7.83. The monoisotopic (exact) mass is 236 g/mol. The third-order valence-electron chi connectivity index (χ3n) is 5.71. The van der Waals surface area contributed by atoms with Gasteiger partial charge in [-0.3, -0.25) is 0 Å². The maximum absolute atomic E-state index is 10.1. The van der Waals surface area contributed by atoms with Crippen LogP contribution in [0.1, 0.15) is 46.5 Å². The first-order valence-corrected chi connectivity index (χ1v) is 6.94. The van der Waals surface area contributed by atoms with E-state index in [9.17, 15) is 5.11 Å². The van der Waals surface area contributed by atoms with Crippen LogP contribution in [0.15, 0.2) is 11.6 Å². The second-order valence-electron chi connectivity index (χ2n) is 7.09. The van der Waals surface area contributed by atoms with Crippen molar-refractivity contribution < 1.29 is 9.84 Å². The Morgan fingerprint density at radius 3 is 2.82 bits per heavy atom. The van der Waals surface area contributed by atoms with Gasteiger partial charge in [-0.1, -0.05) is 33.3 Å². The minimum atomic E-state index is -0.567. The van der Waals surface area contributed by atoms with Crippen LogP contribution in [-0.4, -0.2) is 18.0 Å². The van der Waals surface area contributed by atoms with Crippen molar-refractivity contribution in [3.8, 4) is 0 Å². The van der Waals surface area contributed by atoms with Crippen LogP contribution in [0.5, 0.6) is 0 Å². The Morgan fingerprint density at radius 1 is 1.29 bits per heavy atom. The van der Waals surface area contributed by atoms with Gasteiger partial charge in [-0.25, -0.2) is 0 Å². The van der Waals surface area contributed by atoms with E-state index in [0.717, 1.165) is 0 Å². The van der Waals surface area contributed by atoms with Crippen LogP contribution in [-0.2, 0) is 4.74 Å². The summed E-state index contributed by atoms with van der Waals surface area (Å²) in [4.78, 5) is 0. The predicted octanol–water partition coefficient (Wildman–Crippen LogP) is 3.11. The molecule has 0 aromatic rings. The molecule has 0 aromatic carbocycles. The molecule has 2 nitrogen and oxygen atoms in total. The highest BCUT2D eigenvalue weighted by molar-refractivity contribution is 5.23. The van der Waals surface area contributed by atoms with Crippen LogP contribution < -0.4 is 0 Å². The van der Waals surface area contributed by atoms with Crippen molar-refractivity contribution in [1.29, 1.82) is 0 Å². The van der Waals surface area contributed by atoms with Gasteiger partial charge in [0.25, 0.3) is 0 Å². The molecule has 96 valence electrons. The number of ether oxygens (including phenoxy) is 1. The van der Waals surface area contributed by atoms with E-state index in [0.29, 0.717) is 17.9 Å². The van der Waals surface area contributed by atoms with Crippen molar-refractivity contribution in [3.63, 3.8) is 0 Å². The zero-order valence-electron chi connectivity index (χ0n) is 11.2. The molecule has 1 N–H and O–H groups in total. The van der Waals surface area contributed by atoms with Gasteiger partial charge in [-0.05, 0) is 41.6 Å². The summed E-state index contributed by atoms with van der Waals surface area (Å²) in [5.41, 5.74) is 1.99. The summed E-state index contributed by atoms with van der Waals surface area (Å²) in [6.07, 6.45) is 6.80. The quantitative estimate of drug-likeness (QED) is 0.655. The number of rotatable bonds is 0. The Morgan fingerprint density at radius 2 is 2.06 bits per heavy atom. The number of hydrogen-bond acceptors (Lipinski definition) is 2. The molecule has 0 bridgehead atoms. The van der Waals surface area contributed by atoms with Crippen LogP contribution in [0.4, 0.5) is 0 Å². The van der Waals surface area contributed by atoms with E-state index in [2.05, 4.69) is 26.8 Å². The van der Waals surface area contributed by atoms with Crippen molar-refractivity contribution in [1.82, 2.24) is 0 Å². The molecule has 17 heavy (non-hydrogen) atoms. The molecule has 2 aliphatic carbocycles. The van der Waals surface area contributed by atoms with Gasteiger partial charge in [-0.2, -0.15) is 0 Å². The second kappa shape index (κ2) is 3.58. The fourth-order valence-electron chi connectivity index (χ4n) is 4.88. The Kier molecular flexibility index (Phi) is 2.47. The summed E-state index contributed by atoms with van der Waals surface area (Å²) < 4.78 is 5.47. The third-order valence-corrected chi connectivity index (χ3v) is 5.71. The highest BCUT2D eigenvalue weighted by Gasteiger charge is 2.56. The maximum Gasteiger partial charge on any atom is 0.162 e. The largest absolute Gasteiger partial charge is 0.367 e. The number of hydrogen-bond donors (Lipinski definition) is 1. The smallest absolute Gasteiger partial charge is 0.162 e. The molecule has 2 fully saturated rings. The highest BCUT2D eigenvalue weighted by Crippen LogP contribution is 2.61. The van der Waals surface area contributed by atoms with Gasteiger partial charge < -0.3 is 9.84 Å². The molecule has 3 aliphatic rings. The molecule has 3 rings (SSSR count). The lowest BCUT2D eigenvalue weighted by molar-refractivity contribution is -0.139. The number of fused-ring (bicyclic) bond motifs is 3. The molecule has 4 unspecified atom stereocenters. The molecule has 0 aromatic heterocycles. The number of aliphatic hydroxyl groups is 1. The molecule has 0 radical (unpaired) electrons. The Labute approximate surface area is 104 Å². The first-order valence-electron chi connectivity index (χ1n) is 6.94. The lowest BCUT2D eigenvalue weighted by Crippen LogP contribution is -2.50. The molecule has 0 amide bonds. The molecular formula is C15H24O2. The van der Waals surface area contributed by atoms with Crippen molar-refractivity contribution in [3.05, 3.63) is 11.6 Å². The van der Waals surface area contributed by atoms with E-state index in [4.69, 9.17) is 4.74 Å². The average molecular weight is 236 g/mol. The van der Waals surface area contributed by atoms with Crippen LogP contribution in [0, 0.1) is 22.7 Å². The molecule has 1 saturated carbocycles. The van der Waals surface area contributed by atoms with E-state index in [1.54, 1.807) is 0 Å². The summed E-state index contributed by atoms with van der Waals surface area (Å²) in [7, 11) is 0. The third kappa shape index (κ3) is 1.53. The summed E-state index contributed by atoms with van der Waals surface area (Å²) in [6, 6.07) is 0. The Bertz CT molecular complexity index is 358. The zero-order valence-corrected chi connectivity index (χ0v) is 11.2. The zero-order chi connectivity index (χ0) is 12.3. The standard InChI is InChI=1S/C15H24O2/c1-14(2)7-4-8-15(3)11(14)6-5-10-9-17-13(16)12(10)15/h5,11-13,16H,4,6-9H2,1-3H3. The van der Waals surface area contributed by atoms with Gasteiger partial charge in [0.05, 0.1) is 6.61 Å². The molecule has 0 spiro atoms. The van der Waals surface area contributed by atoms with E-state index in [1.165, 1.54) is 31.3 Å². The molecule has 1 heterocycles. The fourth-order valence-corrected chi connectivity index (χ4v) is 4.88. The Balaban J connectivity index is 2.02. The van der Waals surface area contributed by atoms with Crippen LogP contribution in [0.2, 0.25) is 0 Å². The first kappa shape index (κ1) is 11.7. The van der Waals surface area contributed by atoms with Gasteiger partial charge in [0.1, 0.15) is 0 Å². The SMILES string of the molecule is CC1(C)CCCC2(C)C3C(=CCC12)COC3O. The van der Waals surface area contributed by atoms with Gasteiger partial charge >= 0.3 is 0 Å². The minimum Gasteiger partial charge on any atom is -0.367 e. The second-order valence-corrected chi connectivity index (χ2v) is 7.09. The van der Waals surface area contributed by atoms with Crippen molar-refractivity contribution in [2.75, 3.05) is 6.61 Å². The van der Waals surface area contributed by atoms with Gasteiger partial charge in [0.2, 0.25) is 0 Å². The van der Waals surface area contributed by atoms with Crippen molar-refractivity contribution in [2.45, 2.75) is 52.7 Å². The highest BCUT2D eigenvalue weighted by atomic mass is 16.6. The summed E-state index contributed by atoms with van der Waals surface area (Å²) in [5.74, 6) is 0.940. The van der Waals surface area contributed by atoms with Crippen molar-refractivity contribution >= 4 is 0 Å². The van der Waals surface area contributed by atoms with Gasteiger partial charge in [-0.15, -0.1) is 0 Å². The normalized spacial score (nSPS) is 48.2. The topological polar surface area (TPSA) is 29.5 Å². The molecule has 4 atom stereocenters. The fraction of sp³-hybridized carbons (Fsp3) is 0.867. The lowest BCUT2D eigenvalue weighted by Gasteiger charge is -2.56. The average Bonchev–Trinajstić information content (AvgIpc) is 2.60. The summed E-state index contributed by atoms with van der Waals surface area (Å²) >= 11 is 0. The minimum absolute atomic E-state index is 0.238. The maximum atomic E-state index is 10.1. The van der Waals surface area contributed by atoms with Gasteiger partial charge in [0.15, 0.2) is 6.29 Å². The number of aliphatic hydroxyl groups excluding tert-OH is 1. The molecule has 1 aliphatic heterocycles. The van der Waals surface area contributed by atoms with Crippen LogP contribution >= 0.6 is 0 Å². The van der Waals surface area contributed by atoms with E-state index < -0.39 is 6.29 Å². The molecule has 2 heteroatoms. The number of allylic oxidation sites excluding steroid dienone is 1. The first-order chi connectivity index (χ1) is 7.95. The lowest BCUT2D eigenvalue weighted by atomic mass is 9.49. The van der Waals surface area contributed by atoms with Gasteiger partial charge in [0, 0.05) is 5.92 Å². The van der Waals surface area contributed by atoms with Crippen LogP contribution in [0.3, 0.4) is 0 Å². The van der Waals surface area contributed by atoms with E-state index in [1.807, 2.05) is 0 Å². The Hall–Kier alpha value is -0.340. The van der Waals surface area contributed by atoms with Crippen molar-refractivity contribution in [2.24, 2.45) is 22.7 Å². The predicted molar refractivity (Wildman–Crippen MR) is 67.4 cm³/mol. The van der Waals surface area contributed by atoms with E-state index in [-0.39, 0.29) is 11.3 Å².